The Morgan fingerprint density at radius 3 is 2.57 bits per heavy atom. The van der Waals surface area contributed by atoms with Crippen molar-refractivity contribution >= 4 is 11.1 Å². The molecule has 0 saturated carbocycles. The Labute approximate surface area is 138 Å². The van der Waals surface area contributed by atoms with Gasteiger partial charge in [0.2, 0.25) is 0 Å². The minimum atomic E-state index is 0.605. The monoisotopic (exact) mass is 305 g/mol. The van der Waals surface area contributed by atoms with Crippen LogP contribution in [0.25, 0.3) is 11.1 Å². The van der Waals surface area contributed by atoms with Crippen molar-refractivity contribution in [3.63, 3.8) is 0 Å². The first-order valence-electron chi connectivity index (χ1n) is 8.40. The first kappa shape index (κ1) is 14.5. The number of allylic oxidation sites excluding steroid dienone is 1. The number of hydrogen-bond donors (Lipinski definition) is 0. The van der Waals surface area contributed by atoms with Crippen LogP contribution in [0.3, 0.4) is 0 Å². The molecule has 1 heterocycles. The van der Waals surface area contributed by atoms with Gasteiger partial charge in [0.15, 0.2) is 0 Å². The highest BCUT2D eigenvalue weighted by atomic mass is 16.5. The Morgan fingerprint density at radius 2 is 1.74 bits per heavy atom. The number of aryl methyl sites for hydroxylation is 1. The van der Waals surface area contributed by atoms with Crippen LogP contribution in [-0.4, -0.2) is 25.0 Å². The van der Waals surface area contributed by atoms with Crippen LogP contribution >= 0.6 is 0 Å². The fraction of sp³-hybridized carbons (Fsp3) is 0.333. The molecule has 1 unspecified atom stereocenters. The number of fused-ring (bicyclic) bond motifs is 4. The number of rotatable bonds is 1. The second-order valence-corrected chi connectivity index (χ2v) is 6.92. The topological polar surface area (TPSA) is 12.5 Å². The van der Waals surface area contributed by atoms with Crippen LogP contribution in [0.1, 0.15) is 36.0 Å². The largest absolute Gasteiger partial charge is 0.456 e. The molecule has 0 N–H and O–H groups in total. The normalized spacial score (nSPS) is 19.6. The lowest BCUT2D eigenvalue weighted by Gasteiger charge is -2.31. The van der Waals surface area contributed by atoms with Crippen molar-refractivity contribution in [2.75, 3.05) is 14.1 Å². The smallest absolute Gasteiger partial charge is 0.134 e. The van der Waals surface area contributed by atoms with Gasteiger partial charge in [0.25, 0.3) is 0 Å². The van der Waals surface area contributed by atoms with E-state index in [1.165, 1.54) is 34.3 Å². The molecule has 0 aromatic heterocycles. The zero-order valence-corrected chi connectivity index (χ0v) is 14.1. The SMILES string of the molecule is Cc1ccc2c(c1)C1=C(CC(N(C)C)CC1)c1ccccc1O2. The van der Waals surface area contributed by atoms with E-state index in [4.69, 9.17) is 4.74 Å². The highest BCUT2D eigenvalue weighted by Crippen LogP contribution is 2.48. The highest BCUT2D eigenvalue weighted by Gasteiger charge is 2.29. The Kier molecular flexibility index (Phi) is 3.50. The van der Waals surface area contributed by atoms with Gasteiger partial charge in [0.1, 0.15) is 11.5 Å². The van der Waals surface area contributed by atoms with Gasteiger partial charge in [-0.25, -0.2) is 0 Å². The number of benzene rings is 2. The molecule has 0 bridgehead atoms. The van der Waals surface area contributed by atoms with Crippen molar-refractivity contribution in [2.24, 2.45) is 0 Å². The predicted octanol–water partition coefficient (Wildman–Crippen LogP) is 5.13. The Bertz CT molecular complexity index is 788. The van der Waals surface area contributed by atoms with Crippen LogP contribution in [0.4, 0.5) is 0 Å². The molecule has 2 heteroatoms. The van der Waals surface area contributed by atoms with Crippen molar-refractivity contribution < 1.29 is 4.74 Å². The van der Waals surface area contributed by atoms with E-state index in [0.29, 0.717) is 6.04 Å². The van der Waals surface area contributed by atoms with Gasteiger partial charge in [-0.3, -0.25) is 0 Å². The summed E-state index contributed by atoms with van der Waals surface area (Å²) in [6.07, 6.45) is 3.42. The van der Waals surface area contributed by atoms with Gasteiger partial charge in [-0.2, -0.15) is 0 Å². The van der Waals surface area contributed by atoms with Gasteiger partial charge < -0.3 is 9.64 Å². The highest BCUT2D eigenvalue weighted by molar-refractivity contribution is 5.96. The summed E-state index contributed by atoms with van der Waals surface area (Å²) in [6, 6.07) is 15.6. The van der Waals surface area contributed by atoms with Crippen LogP contribution < -0.4 is 4.74 Å². The lowest BCUT2D eigenvalue weighted by molar-refractivity contribution is 0.281. The van der Waals surface area contributed by atoms with E-state index in [-0.39, 0.29) is 0 Å². The van der Waals surface area contributed by atoms with Gasteiger partial charge in [0, 0.05) is 17.2 Å². The number of nitrogens with zero attached hydrogens (tertiary/aromatic N) is 1. The molecule has 4 rings (SSSR count). The van der Waals surface area contributed by atoms with Gasteiger partial charge in [0.05, 0.1) is 0 Å². The van der Waals surface area contributed by atoms with E-state index in [1.807, 2.05) is 0 Å². The Morgan fingerprint density at radius 1 is 0.957 bits per heavy atom. The fourth-order valence-electron chi connectivity index (χ4n) is 3.83. The lowest BCUT2D eigenvalue weighted by atomic mass is 9.81. The van der Waals surface area contributed by atoms with Gasteiger partial charge in [-0.1, -0.05) is 29.8 Å². The van der Waals surface area contributed by atoms with E-state index in [1.54, 1.807) is 0 Å². The Hall–Kier alpha value is -2.06. The molecule has 0 fully saturated rings. The van der Waals surface area contributed by atoms with E-state index >= 15 is 0 Å². The second kappa shape index (κ2) is 5.54. The first-order valence-corrected chi connectivity index (χ1v) is 8.40. The maximum absolute atomic E-state index is 6.29. The molecular weight excluding hydrogens is 282 g/mol. The molecule has 2 nitrogen and oxygen atoms in total. The third kappa shape index (κ3) is 2.47. The van der Waals surface area contributed by atoms with Crippen molar-refractivity contribution in [3.05, 3.63) is 59.2 Å². The van der Waals surface area contributed by atoms with Gasteiger partial charge in [-0.15, -0.1) is 0 Å². The molecule has 2 aromatic carbocycles. The zero-order chi connectivity index (χ0) is 16.0. The van der Waals surface area contributed by atoms with Crippen molar-refractivity contribution in [3.8, 4) is 11.5 Å². The fourth-order valence-corrected chi connectivity index (χ4v) is 3.83. The summed E-state index contributed by atoms with van der Waals surface area (Å²) in [5.74, 6) is 1.98. The van der Waals surface area contributed by atoms with Crippen LogP contribution in [-0.2, 0) is 0 Å². The van der Waals surface area contributed by atoms with Crippen LogP contribution in [0, 0.1) is 6.92 Å². The number of para-hydroxylation sites is 1. The van der Waals surface area contributed by atoms with Gasteiger partial charge >= 0.3 is 0 Å². The average molecular weight is 305 g/mol. The first-order chi connectivity index (χ1) is 11.1. The van der Waals surface area contributed by atoms with Crippen LogP contribution in [0.5, 0.6) is 11.5 Å². The molecule has 1 atom stereocenters. The lowest BCUT2D eigenvalue weighted by Crippen LogP contribution is -2.30. The standard InChI is InChI=1S/C21H23NO/c1-14-8-11-21-19(12-14)16-10-9-15(22(2)3)13-18(16)17-6-4-5-7-20(17)23-21/h4-8,11-12,15H,9-10,13H2,1-3H3. The van der Waals surface area contributed by atoms with E-state index < -0.39 is 0 Å². The molecule has 118 valence electrons. The average Bonchev–Trinajstić information content (AvgIpc) is 2.69. The summed E-state index contributed by atoms with van der Waals surface area (Å²) in [7, 11) is 4.38. The molecule has 0 saturated heterocycles. The summed E-state index contributed by atoms with van der Waals surface area (Å²) in [4.78, 5) is 2.36. The van der Waals surface area contributed by atoms with Crippen LogP contribution in [0.15, 0.2) is 42.5 Å². The minimum Gasteiger partial charge on any atom is -0.456 e. The van der Waals surface area contributed by atoms with Crippen molar-refractivity contribution in [1.29, 1.82) is 0 Å². The molecule has 1 aliphatic heterocycles. The van der Waals surface area contributed by atoms with Crippen molar-refractivity contribution in [2.45, 2.75) is 32.2 Å². The third-order valence-electron chi connectivity index (χ3n) is 5.15. The second-order valence-electron chi connectivity index (χ2n) is 6.92. The van der Waals surface area contributed by atoms with E-state index in [2.05, 4.69) is 68.4 Å². The molecule has 0 spiro atoms. The molecule has 2 aliphatic rings. The molecular formula is C21H23NO. The number of ether oxygens (including phenoxy) is 1. The Balaban J connectivity index is 1.94. The quantitative estimate of drug-likeness (QED) is 0.724. The summed E-state index contributed by atoms with van der Waals surface area (Å²) in [5, 5.41) is 0. The van der Waals surface area contributed by atoms with E-state index in [0.717, 1.165) is 24.3 Å². The maximum atomic E-state index is 6.29. The summed E-state index contributed by atoms with van der Waals surface area (Å²) in [6.45, 7) is 2.16. The minimum absolute atomic E-state index is 0.605. The van der Waals surface area contributed by atoms with Crippen LogP contribution in [0.2, 0.25) is 0 Å². The van der Waals surface area contributed by atoms with E-state index in [9.17, 15) is 0 Å². The van der Waals surface area contributed by atoms with Gasteiger partial charge in [-0.05, 0) is 69.6 Å². The maximum Gasteiger partial charge on any atom is 0.134 e. The molecule has 0 amide bonds. The summed E-state index contributed by atoms with van der Waals surface area (Å²) < 4.78 is 6.29. The molecule has 1 aliphatic carbocycles. The van der Waals surface area contributed by atoms with Crippen molar-refractivity contribution in [1.82, 2.24) is 4.90 Å². The third-order valence-corrected chi connectivity index (χ3v) is 5.15. The molecule has 2 aromatic rings. The molecule has 0 radical (unpaired) electrons. The molecule has 23 heavy (non-hydrogen) atoms. The zero-order valence-electron chi connectivity index (χ0n) is 14.1. The summed E-state index contributed by atoms with van der Waals surface area (Å²) in [5.41, 5.74) is 6.79. The summed E-state index contributed by atoms with van der Waals surface area (Å²) >= 11 is 0. The number of hydrogen-bond acceptors (Lipinski definition) is 2. The predicted molar refractivity (Wildman–Crippen MR) is 95.8 cm³/mol.